The first kappa shape index (κ1) is 15.5. The van der Waals surface area contributed by atoms with Crippen molar-refractivity contribution in [1.82, 2.24) is 5.32 Å². The summed E-state index contributed by atoms with van der Waals surface area (Å²) >= 11 is 0. The molecule has 1 aliphatic carbocycles. The molecule has 1 aromatic carbocycles. The Morgan fingerprint density at radius 3 is 2.45 bits per heavy atom. The highest BCUT2D eigenvalue weighted by Gasteiger charge is 2.35. The third-order valence-corrected chi connectivity index (χ3v) is 6.40. The van der Waals surface area contributed by atoms with Gasteiger partial charge in [-0.1, -0.05) is 37.5 Å². The third-order valence-electron chi connectivity index (χ3n) is 4.11. The van der Waals surface area contributed by atoms with Crippen LogP contribution in [0.4, 0.5) is 0 Å². The van der Waals surface area contributed by atoms with E-state index in [1.54, 1.807) is 12.1 Å². The van der Waals surface area contributed by atoms with Gasteiger partial charge in [-0.15, -0.1) is 0 Å². The molecule has 0 amide bonds. The molecule has 4 heteroatoms. The van der Waals surface area contributed by atoms with E-state index in [-0.39, 0.29) is 11.3 Å². The van der Waals surface area contributed by atoms with Crippen molar-refractivity contribution in [3.05, 3.63) is 29.8 Å². The first-order valence-corrected chi connectivity index (χ1v) is 9.14. The van der Waals surface area contributed by atoms with E-state index in [1.807, 2.05) is 19.1 Å². The van der Waals surface area contributed by atoms with Crippen LogP contribution in [0.5, 0.6) is 0 Å². The lowest BCUT2D eigenvalue weighted by molar-refractivity contribution is 0.371. The zero-order valence-electron chi connectivity index (χ0n) is 12.4. The maximum Gasteiger partial charge on any atom is 0.182 e. The lowest BCUT2D eigenvalue weighted by Crippen LogP contribution is -2.46. The van der Waals surface area contributed by atoms with Crippen LogP contribution in [0, 0.1) is 6.92 Å². The maximum atomic E-state index is 12.8. The van der Waals surface area contributed by atoms with Gasteiger partial charge in [0.1, 0.15) is 0 Å². The lowest BCUT2D eigenvalue weighted by Gasteiger charge is -2.32. The van der Waals surface area contributed by atoms with Gasteiger partial charge in [-0.05, 0) is 44.9 Å². The zero-order valence-corrected chi connectivity index (χ0v) is 13.2. The molecular formula is C16H25NO2S. The van der Waals surface area contributed by atoms with E-state index < -0.39 is 9.84 Å². The molecule has 1 aromatic rings. The average molecular weight is 295 g/mol. The van der Waals surface area contributed by atoms with Crippen molar-refractivity contribution >= 4 is 9.84 Å². The minimum absolute atomic E-state index is 0.106. The summed E-state index contributed by atoms with van der Waals surface area (Å²) in [7, 11) is -3.22. The number of nitrogens with one attached hydrogen (secondary N) is 1. The van der Waals surface area contributed by atoms with Crippen LogP contribution in [-0.4, -0.2) is 26.3 Å². The second-order valence-electron chi connectivity index (χ2n) is 5.74. The molecule has 0 radical (unpaired) electrons. The smallest absolute Gasteiger partial charge is 0.182 e. The summed E-state index contributed by atoms with van der Waals surface area (Å²) < 4.78 is 25.7. The predicted molar refractivity (Wildman–Crippen MR) is 82.7 cm³/mol. The maximum absolute atomic E-state index is 12.8. The molecule has 2 rings (SSSR count). The fourth-order valence-corrected chi connectivity index (χ4v) is 4.94. The van der Waals surface area contributed by atoms with Crippen LogP contribution in [-0.2, 0) is 9.84 Å². The molecule has 0 aromatic heterocycles. The first-order chi connectivity index (χ1) is 9.55. The number of aryl methyl sites for hydroxylation is 1. The molecule has 1 N–H and O–H groups in total. The molecule has 112 valence electrons. The number of hydrogen-bond acceptors (Lipinski definition) is 3. The van der Waals surface area contributed by atoms with Gasteiger partial charge in [0.05, 0.1) is 10.1 Å². The highest BCUT2D eigenvalue weighted by atomic mass is 32.2. The predicted octanol–water partition coefficient (Wildman–Crippen LogP) is 3.08. The number of hydrogen-bond donors (Lipinski definition) is 1. The number of benzene rings is 1. The van der Waals surface area contributed by atoms with Crippen molar-refractivity contribution in [2.45, 2.75) is 62.1 Å². The van der Waals surface area contributed by atoms with Crippen molar-refractivity contribution in [2.75, 3.05) is 6.54 Å². The minimum Gasteiger partial charge on any atom is -0.313 e. The topological polar surface area (TPSA) is 46.2 Å². The SMILES string of the molecule is CCCNC1CCCCC1S(=O)(=O)c1ccc(C)cc1. The molecule has 1 saturated carbocycles. The summed E-state index contributed by atoms with van der Waals surface area (Å²) in [5.74, 6) is 0. The van der Waals surface area contributed by atoms with Gasteiger partial charge < -0.3 is 5.32 Å². The minimum atomic E-state index is -3.22. The van der Waals surface area contributed by atoms with E-state index in [0.29, 0.717) is 4.90 Å². The van der Waals surface area contributed by atoms with Crippen molar-refractivity contribution in [1.29, 1.82) is 0 Å². The van der Waals surface area contributed by atoms with Crippen molar-refractivity contribution in [3.8, 4) is 0 Å². The fourth-order valence-electron chi connectivity index (χ4n) is 2.93. The van der Waals surface area contributed by atoms with Gasteiger partial charge in [-0.3, -0.25) is 0 Å². The van der Waals surface area contributed by atoms with Gasteiger partial charge in [-0.25, -0.2) is 8.42 Å². The monoisotopic (exact) mass is 295 g/mol. The summed E-state index contributed by atoms with van der Waals surface area (Å²) in [5, 5.41) is 3.16. The van der Waals surface area contributed by atoms with Gasteiger partial charge >= 0.3 is 0 Å². The molecule has 3 nitrogen and oxygen atoms in total. The summed E-state index contributed by atoms with van der Waals surface area (Å²) in [6.45, 7) is 4.98. The van der Waals surface area contributed by atoms with Gasteiger partial charge in [0.15, 0.2) is 9.84 Å². The van der Waals surface area contributed by atoms with Crippen molar-refractivity contribution in [2.24, 2.45) is 0 Å². The summed E-state index contributed by atoms with van der Waals surface area (Å²) in [6, 6.07) is 7.36. The normalized spacial score (nSPS) is 23.7. The van der Waals surface area contributed by atoms with Gasteiger partial charge in [-0.2, -0.15) is 0 Å². The molecule has 0 heterocycles. The van der Waals surface area contributed by atoms with Crippen LogP contribution in [0.15, 0.2) is 29.2 Å². The highest BCUT2D eigenvalue weighted by Crippen LogP contribution is 2.29. The molecular weight excluding hydrogens is 270 g/mol. The van der Waals surface area contributed by atoms with Gasteiger partial charge in [0.25, 0.3) is 0 Å². The lowest BCUT2D eigenvalue weighted by atomic mass is 9.95. The average Bonchev–Trinajstić information content (AvgIpc) is 2.46. The molecule has 0 aliphatic heterocycles. The number of rotatable bonds is 5. The van der Waals surface area contributed by atoms with E-state index in [9.17, 15) is 8.42 Å². The standard InChI is InChI=1S/C16H25NO2S/c1-3-12-17-15-6-4-5-7-16(15)20(18,19)14-10-8-13(2)9-11-14/h8-11,15-17H,3-7,12H2,1-2H3. The molecule has 2 atom stereocenters. The Bertz CT molecular complexity index is 522. The van der Waals surface area contributed by atoms with Crippen LogP contribution >= 0.6 is 0 Å². The summed E-state index contributed by atoms with van der Waals surface area (Å²) in [5.41, 5.74) is 1.09. The van der Waals surface area contributed by atoms with Crippen LogP contribution < -0.4 is 5.32 Å². The van der Waals surface area contributed by atoms with Crippen molar-refractivity contribution < 1.29 is 8.42 Å². The summed E-state index contributed by atoms with van der Waals surface area (Å²) in [6.07, 6.45) is 4.92. The highest BCUT2D eigenvalue weighted by molar-refractivity contribution is 7.92. The molecule has 0 bridgehead atoms. The second-order valence-corrected chi connectivity index (χ2v) is 7.91. The van der Waals surface area contributed by atoms with Crippen LogP contribution in [0.1, 0.15) is 44.6 Å². The molecule has 0 spiro atoms. The molecule has 20 heavy (non-hydrogen) atoms. The zero-order chi connectivity index (χ0) is 14.6. The number of sulfone groups is 1. The van der Waals surface area contributed by atoms with E-state index in [0.717, 1.165) is 44.2 Å². The Balaban J connectivity index is 2.23. The van der Waals surface area contributed by atoms with E-state index in [2.05, 4.69) is 12.2 Å². The van der Waals surface area contributed by atoms with Crippen LogP contribution in [0.2, 0.25) is 0 Å². The van der Waals surface area contributed by atoms with E-state index in [4.69, 9.17) is 0 Å². The Morgan fingerprint density at radius 2 is 1.80 bits per heavy atom. The second kappa shape index (κ2) is 6.72. The Labute approximate surface area is 122 Å². The molecule has 2 unspecified atom stereocenters. The van der Waals surface area contributed by atoms with Gasteiger partial charge in [0, 0.05) is 6.04 Å². The van der Waals surface area contributed by atoms with Crippen LogP contribution in [0.25, 0.3) is 0 Å². The quantitative estimate of drug-likeness (QED) is 0.908. The van der Waals surface area contributed by atoms with Gasteiger partial charge in [0.2, 0.25) is 0 Å². The first-order valence-electron chi connectivity index (χ1n) is 7.59. The third kappa shape index (κ3) is 3.41. The summed E-state index contributed by atoms with van der Waals surface area (Å²) in [4.78, 5) is 0.471. The molecule has 0 saturated heterocycles. The van der Waals surface area contributed by atoms with Crippen molar-refractivity contribution in [3.63, 3.8) is 0 Å². The Kier molecular flexibility index (Phi) is 5.22. The van der Waals surface area contributed by atoms with E-state index >= 15 is 0 Å². The Hall–Kier alpha value is -0.870. The fraction of sp³-hybridized carbons (Fsp3) is 0.625. The largest absolute Gasteiger partial charge is 0.313 e. The van der Waals surface area contributed by atoms with E-state index in [1.165, 1.54) is 0 Å². The van der Waals surface area contributed by atoms with Crippen LogP contribution in [0.3, 0.4) is 0 Å². The Morgan fingerprint density at radius 1 is 1.15 bits per heavy atom. The molecule has 1 fully saturated rings. The molecule has 1 aliphatic rings.